The molecule has 0 spiro atoms. The zero-order chi connectivity index (χ0) is 23.1. The van der Waals surface area contributed by atoms with Gasteiger partial charge in [-0.3, -0.25) is 0 Å². The lowest BCUT2D eigenvalue weighted by Gasteiger charge is -2.20. The molecule has 0 saturated heterocycles. The van der Waals surface area contributed by atoms with Gasteiger partial charge in [0.25, 0.3) is 0 Å². The Labute approximate surface area is 204 Å². The van der Waals surface area contributed by atoms with Crippen LogP contribution >= 0.6 is 22.7 Å². The molecule has 0 radical (unpaired) electrons. The van der Waals surface area contributed by atoms with Crippen LogP contribution in [0.1, 0.15) is 22.3 Å². The fourth-order valence-electron chi connectivity index (χ4n) is 5.49. The first-order valence-electron chi connectivity index (χ1n) is 11.2. The third kappa shape index (κ3) is 2.52. The van der Waals surface area contributed by atoms with E-state index < -0.39 is 0 Å². The quantitative estimate of drug-likeness (QED) is 0.187. The number of thiazole rings is 2. The third-order valence-electron chi connectivity index (χ3n) is 6.99. The molecule has 3 aromatic carbocycles. The van der Waals surface area contributed by atoms with Crippen LogP contribution in [0, 0.1) is 27.7 Å². The first kappa shape index (κ1) is 19.9. The maximum absolute atomic E-state index is 5.28. The molecule has 6 heteroatoms. The number of pyridine rings is 2. The van der Waals surface area contributed by atoms with E-state index in [1.54, 1.807) is 22.7 Å². The molecule has 34 heavy (non-hydrogen) atoms. The average Bonchev–Trinajstić information content (AvgIpc) is 3.55. The maximum atomic E-state index is 5.28. The minimum Gasteiger partial charge on any atom is -0.244 e. The molecule has 7 aromatic rings. The summed E-state index contributed by atoms with van der Waals surface area (Å²) in [6, 6.07) is 8.88. The lowest BCUT2D eigenvalue weighted by atomic mass is 9.88. The Balaban J connectivity index is 1.79. The van der Waals surface area contributed by atoms with Gasteiger partial charge in [-0.25, -0.2) is 19.9 Å². The summed E-state index contributed by atoms with van der Waals surface area (Å²) >= 11 is 3.28. The molecular weight excluding hydrogens is 456 g/mol. The van der Waals surface area contributed by atoms with Crippen LogP contribution in [-0.4, -0.2) is 19.9 Å². The van der Waals surface area contributed by atoms with E-state index >= 15 is 0 Å². The molecule has 0 bridgehead atoms. The number of fused-ring (bicyclic) bond motifs is 2. The van der Waals surface area contributed by atoms with Crippen molar-refractivity contribution in [1.82, 2.24) is 19.9 Å². The van der Waals surface area contributed by atoms with E-state index in [1.807, 2.05) is 23.2 Å². The van der Waals surface area contributed by atoms with E-state index in [4.69, 9.17) is 9.97 Å². The molecular formula is C28H20N4S2. The van der Waals surface area contributed by atoms with Gasteiger partial charge in [0, 0.05) is 44.7 Å². The van der Waals surface area contributed by atoms with Crippen molar-refractivity contribution >= 4 is 66.0 Å². The van der Waals surface area contributed by atoms with Crippen LogP contribution in [0.4, 0.5) is 0 Å². The van der Waals surface area contributed by atoms with Crippen LogP contribution in [-0.2, 0) is 0 Å². The van der Waals surface area contributed by atoms with Gasteiger partial charge < -0.3 is 0 Å². The zero-order valence-electron chi connectivity index (χ0n) is 19.2. The molecule has 0 aliphatic carbocycles. The van der Waals surface area contributed by atoms with E-state index in [9.17, 15) is 0 Å². The maximum Gasteiger partial charge on any atom is 0.142 e. The van der Waals surface area contributed by atoms with Gasteiger partial charge in [-0.2, -0.15) is 0 Å². The SMILES string of the molecule is Cc1ccc2c3nc(-c4nccs4)c(C)c4c(C)ccc(c5nc(-c6nccs6)c(C)c1c25)c43. The lowest BCUT2D eigenvalue weighted by molar-refractivity contribution is 1.29. The third-order valence-corrected chi connectivity index (χ3v) is 8.55. The highest BCUT2D eigenvalue weighted by Gasteiger charge is 2.23. The number of benzene rings is 3. The number of hydrogen-bond acceptors (Lipinski definition) is 6. The van der Waals surface area contributed by atoms with Gasteiger partial charge in [0.05, 0.1) is 11.0 Å². The summed E-state index contributed by atoms with van der Waals surface area (Å²) in [5, 5.41) is 13.1. The van der Waals surface area contributed by atoms with E-state index in [1.165, 1.54) is 43.8 Å². The summed E-state index contributed by atoms with van der Waals surface area (Å²) in [5.41, 5.74) is 8.85. The van der Waals surface area contributed by atoms with Gasteiger partial charge in [0.2, 0.25) is 0 Å². The van der Waals surface area contributed by atoms with Crippen LogP contribution in [0.2, 0.25) is 0 Å². The summed E-state index contributed by atoms with van der Waals surface area (Å²) in [4.78, 5) is 19.8. The molecule has 0 saturated carbocycles. The second-order valence-electron chi connectivity index (χ2n) is 8.90. The second kappa shape index (κ2) is 7.01. The summed E-state index contributed by atoms with van der Waals surface area (Å²) in [6.45, 7) is 8.71. The first-order valence-corrected chi connectivity index (χ1v) is 13.0. The van der Waals surface area contributed by atoms with E-state index in [0.717, 1.165) is 43.2 Å². The van der Waals surface area contributed by atoms with Crippen LogP contribution in [0.15, 0.2) is 47.4 Å². The van der Waals surface area contributed by atoms with Crippen molar-refractivity contribution < 1.29 is 0 Å². The van der Waals surface area contributed by atoms with Crippen LogP contribution in [0.5, 0.6) is 0 Å². The van der Waals surface area contributed by atoms with Gasteiger partial charge in [-0.1, -0.05) is 24.3 Å². The van der Waals surface area contributed by atoms with Gasteiger partial charge in [0.1, 0.15) is 21.4 Å². The highest BCUT2D eigenvalue weighted by atomic mass is 32.1. The molecule has 4 heterocycles. The number of rotatable bonds is 2. The van der Waals surface area contributed by atoms with Crippen molar-refractivity contribution in [2.75, 3.05) is 0 Å². The van der Waals surface area contributed by atoms with E-state index in [2.05, 4.69) is 61.9 Å². The Kier molecular flexibility index (Phi) is 4.11. The molecule has 0 amide bonds. The van der Waals surface area contributed by atoms with Crippen molar-refractivity contribution in [1.29, 1.82) is 0 Å². The summed E-state index contributed by atoms with van der Waals surface area (Å²) in [5.74, 6) is 0. The highest BCUT2D eigenvalue weighted by Crippen LogP contribution is 2.45. The molecule has 164 valence electrons. The summed E-state index contributed by atoms with van der Waals surface area (Å²) < 4.78 is 0. The minimum absolute atomic E-state index is 0.961. The van der Waals surface area contributed by atoms with Crippen molar-refractivity contribution in [2.45, 2.75) is 27.7 Å². The van der Waals surface area contributed by atoms with Crippen molar-refractivity contribution in [3.63, 3.8) is 0 Å². The molecule has 0 aliphatic heterocycles. The fourth-order valence-corrected chi connectivity index (χ4v) is 6.86. The topological polar surface area (TPSA) is 51.6 Å². The Morgan fingerprint density at radius 1 is 0.559 bits per heavy atom. The smallest absolute Gasteiger partial charge is 0.142 e. The van der Waals surface area contributed by atoms with Crippen LogP contribution in [0.3, 0.4) is 0 Å². The molecule has 4 aromatic heterocycles. The first-order chi connectivity index (χ1) is 16.5. The Morgan fingerprint density at radius 3 is 1.38 bits per heavy atom. The summed E-state index contributed by atoms with van der Waals surface area (Å²) in [6.07, 6.45) is 3.71. The molecule has 0 atom stereocenters. The largest absolute Gasteiger partial charge is 0.244 e. The monoisotopic (exact) mass is 476 g/mol. The van der Waals surface area contributed by atoms with Gasteiger partial charge >= 0.3 is 0 Å². The van der Waals surface area contributed by atoms with Gasteiger partial charge in [-0.15, -0.1) is 22.7 Å². The van der Waals surface area contributed by atoms with Crippen molar-refractivity contribution in [2.24, 2.45) is 0 Å². The molecule has 0 aliphatic rings. The Bertz CT molecular complexity index is 1740. The molecule has 0 fully saturated rings. The van der Waals surface area contributed by atoms with Crippen LogP contribution in [0.25, 0.3) is 64.8 Å². The normalized spacial score (nSPS) is 12.1. The predicted octanol–water partition coefficient (Wildman–Crippen LogP) is 8.01. The zero-order valence-corrected chi connectivity index (χ0v) is 20.9. The Morgan fingerprint density at radius 2 is 1.00 bits per heavy atom. The van der Waals surface area contributed by atoms with E-state index in [0.29, 0.717) is 0 Å². The number of aromatic nitrogens is 4. The van der Waals surface area contributed by atoms with E-state index in [-0.39, 0.29) is 0 Å². The second-order valence-corrected chi connectivity index (χ2v) is 10.7. The molecule has 0 unspecified atom stereocenters. The van der Waals surface area contributed by atoms with Crippen molar-refractivity contribution in [3.05, 3.63) is 69.7 Å². The number of nitrogens with zero attached hydrogens (tertiary/aromatic N) is 4. The Hall–Kier alpha value is -3.48. The van der Waals surface area contributed by atoms with Crippen LogP contribution < -0.4 is 0 Å². The standard InChI is InChI=1S/C28H20N4S2/c1-13-5-7-17-21-19(13)15(3)23(27-29-9-11-33-27)31-25(21)18-8-6-14(2)20-16(4)24(28-30-10-12-34-28)32-26(17)22(18)20/h5-12H,1-4H3. The number of aryl methyl sites for hydroxylation is 4. The summed E-state index contributed by atoms with van der Waals surface area (Å²) in [7, 11) is 0. The highest BCUT2D eigenvalue weighted by molar-refractivity contribution is 7.13. The number of hydrogen-bond donors (Lipinski definition) is 0. The average molecular weight is 477 g/mol. The molecule has 4 nitrogen and oxygen atoms in total. The molecule has 0 N–H and O–H groups in total. The molecule has 7 rings (SSSR count). The van der Waals surface area contributed by atoms with Gasteiger partial charge in [-0.05, 0) is 60.7 Å². The van der Waals surface area contributed by atoms with Gasteiger partial charge in [0.15, 0.2) is 0 Å². The predicted molar refractivity (Wildman–Crippen MR) is 144 cm³/mol. The van der Waals surface area contributed by atoms with Crippen molar-refractivity contribution in [3.8, 4) is 21.4 Å². The lowest BCUT2D eigenvalue weighted by Crippen LogP contribution is -2.00. The fraction of sp³-hybridized carbons (Fsp3) is 0.143. The minimum atomic E-state index is 0.961.